The predicted molar refractivity (Wildman–Crippen MR) is 105 cm³/mol. The van der Waals surface area contributed by atoms with Crippen molar-refractivity contribution in [3.63, 3.8) is 0 Å². The summed E-state index contributed by atoms with van der Waals surface area (Å²) in [5, 5.41) is 0. The van der Waals surface area contributed by atoms with Crippen LogP contribution in [0.5, 0.6) is 5.75 Å². The second kappa shape index (κ2) is 5.98. The van der Waals surface area contributed by atoms with Crippen LogP contribution in [0.15, 0.2) is 40.9 Å². The Morgan fingerprint density at radius 1 is 0.920 bits per heavy atom. The van der Waals surface area contributed by atoms with E-state index in [-0.39, 0.29) is 22.7 Å². The number of carbonyl (C=O) groups is 1. The van der Waals surface area contributed by atoms with E-state index in [0.717, 1.165) is 26.9 Å². The van der Waals surface area contributed by atoms with Gasteiger partial charge in [-0.15, -0.1) is 0 Å². The minimum atomic E-state index is -0.355. The van der Waals surface area contributed by atoms with Gasteiger partial charge in [-0.05, 0) is 34.1 Å². The molecule has 2 aromatic carbocycles. The van der Waals surface area contributed by atoms with Crippen molar-refractivity contribution in [1.29, 1.82) is 0 Å². The van der Waals surface area contributed by atoms with Crippen LogP contribution in [0.1, 0.15) is 69.7 Å². The number of carbonyl (C=O) groups excluding carboxylic acids is 1. The molecule has 25 heavy (non-hydrogen) atoms. The largest absolute Gasteiger partial charge is 0.425 e. The fourth-order valence-corrected chi connectivity index (χ4v) is 3.49. The Bertz CT molecular complexity index is 821. The van der Waals surface area contributed by atoms with Crippen LogP contribution in [0.25, 0.3) is 0 Å². The number of hydrogen-bond acceptors (Lipinski definition) is 2. The van der Waals surface area contributed by atoms with Crippen molar-refractivity contribution in [2.45, 2.75) is 58.3 Å². The standard InChI is InChI=1S/C22H25BrO2/c1-21(2,3)14-11-16-18(13-7-9-15(23)10-8-13)20(24)25-19(16)17(12-14)22(4,5)6/h7-12,18H,1-6H3. The van der Waals surface area contributed by atoms with Gasteiger partial charge in [0.05, 0.1) is 0 Å². The smallest absolute Gasteiger partial charge is 0.323 e. The average Bonchev–Trinajstić information content (AvgIpc) is 2.81. The zero-order chi connectivity index (χ0) is 18.6. The van der Waals surface area contributed by atoms with Gasteiger partial charge in [-0.1, -0.05) is 81.7 Å². The molecule has 0 amide bonds. The molecule has 1 aliphatic rings. The van der Waals surface area contributed by atoms with Gasteiger partial charge in [0.1, 0.15) is 11.7 Å². The highest BCUT2D eigenvalue weighted by atomic mass is 79.9. The lowest BCUT2D eigenvalue weighted by atomic mass is 9.77. The summed E-state index contributed by atoms with van der Waals surface area (Å²) in [7, 11) is 0. The first-order valence-electron chi connectivity index (χ1n) is 8.64. The maximum Gasteiger partial charge on any atom is 0.323 e. The van der Waals surface area contributed by atoms with Crippen molar-refractivity contribution in [3.8, 4) is 5.75 Å². The zero-order valence-corrected chi connectivity index (χ0v) is 17.3. The number of benzene rings is 2. The molecule has 2 aromatic rings. The highest BCUT2D eigenvalue weighted by Crippen LogP contribution is 2.47. The number of esters is 1. The molecule has 0 fully saturated rings. The molecule has 0 aromatic heterocycles. The van der Waals surface area contributed by atoms with Gasteiger partial charge in [-0.3, -0.25) is 4.79 Å². The van der Waals surface area contributed by atoms with Gasteiger partial charge in [-0.25, -0.2) is 0 Å². The van der Waals surface area contributed by atoms with E-state index in [1.165, 1.54) is 5.56 Å². The summed E-state index contributed by atoms with van der Waals surface area (Å²) in [5.74, 6) is 0.207. The first-order valence-corrected chi connectivity index (χ1v) is 9.44. The third kappa shape index (κ3) is 3.39. The number of rotatable bonds is 1. The van der Waals surface area contributed by atoms with Gasteiger partial charge in [0.2, 0.25) is 0 Å². The molecule has 1 unspecified atom stereocenters. The van der Waals surface area contributed by atoms with Crippen molar-refractivity contribution in [2.75, 3.05) is 0 Å². The van der Waals surface area contributed by atoms with E-state index < -0.39 is 0 Å². The van der Waals surface area contributed by atoms with Gasteiger partial charge in [0.15, 0.2) is 0 Å². The van der Waals surface area contributed by atoms with E-state index in [4.69, 9.17) is 4.74 Å². The second-order valence-corrected chi connectivity index (χ2v) is 9.76. The Labute approximate surface area is 158 Å². The summed E-state index contributed by atoms with van der Waals surface area (Å²) >= 11 is 3.46. The maximum absolute atomic E-state index is 12.7. The van der Waals surface area contributed by atoms with Crippen LogP contribution >= 0.6 is 15.9 Å². The van der Waals surface area contributed by atoms with Crippen LogP contribution in [-0.4, -0.2) is 5.97 Å². The monoisotopic (exact) mass is 400 g/mol. The van der Waals surface area contributed by atoms with E-state index in [0.29, 0.717) is 0 Å². The van der Waals surface area contributed by atoms with Crippen LogP contribution < -0.4 is 4.74 Å². The fourth-order valence-electron chi connectivity index (χ4n) is 3.23. The number of halogens is 1. The average molecular weight is 401 g/mol. The summed E-state index contributed by atoms with van der Waals surface area (Å²) in [5.41, 5.74) is 4.20. The highest BCUT2D eigenvalue weighted by Gasteiger charge is 2.39. The Morgan fingerprint density at radius 2 is 1.52 bits per heavy atom. The minimum absolute atomic E-state index is 0.00489. The number of fused-ring (bicyclic) bond motifs is 1. The van der Waals surface area contributed by atoms with E-state index in [1.807, 2.05) is 24.3 Å². The van der Waals surface area contributed by atoms with Gasteiger partial charge in [-0.2, -0.15) is 0 Å². The number of hydrogen-bond donors (Lipinski definition) is 0. The van der Waals surface area contributed by atoms with E-state index in [2.05, 4.69) is 69.6 Å². The molecule has 0 radical (unpaired) electrons. The van der Waals surface area contributed by atoms with Gasteiger partial charge in [0, 0.05) is 15.6 Å². The lowest BCUT2D eigenvalue weighted by Crippen LogP contribution is -2.17. The van der Waals surface area contributed by atoms with E-state index in [1.54, 1.807) is 0 Å². The van der Waals surface area contributed by atoms with Crippen molar-refractivity contribution in [1.82, 2.24) is 0 Å². The Hall–Kier alpha value is -1.61. The Kier molecular flexibility index (Phi) is 4.35. The van der Waals surface area contributed by atoms with Gasteiger partial charge >= 0.3 is 5.97 Å². The second-order valence-electron chi connectivity index (χ2n) is 8.85. The van der Waals surface area contributed by atoms with Crippen molar-refractivity contribution in [3.05, 3.63) is 63.1 Å². The summed E-state index contributed by atoms with van der Waals surface area (Å²) in [6.07, 6.45) is 0. The molecule has 1 heterocycles. The highest BCUT2D eigenvalue weighted by molar-refractivity contribution is 9.10. The van der Waals surface area contributed by atoms with E-state index >= 15 is 0 Å². The molecule has 0 bridgehead atoms. The number of ether oxygens (including phenoxy) is 1. The summed E-state index contributed by atoms with van der Waals surface area (Å²) < 4.78 is 6.78. The van der Waals surface area contributed by atoms with Crippen molar-refractivity contribution >= 4 is 21.9 Å². The first kappa shape index (κ1) is 18.2. The van der Waals surface area contributed by atoms with Crippen molar-refractivity contribution < 1.29 is 9.53 Å². The third-order valence-electron chi connectivity index (χ3n) is 4.74. The van der Waals surface area contributed by atoms with Crippen LogP contribution in [0.2, 0.25) is 0 Å². The third-order valence-corrected chi connectivity index (χ3v) is 5.27. The van der Waals surface area contributed by atoms with Gasteiger partial charge in [0.25, 0.3) is 0 Å². The molecule has 1 atom stereocenters. The Morgan fingerprint density at radius 3 is 2.04 bits per heavy atom. The van der Waals surface area contributed by atoms with Crippen LogP contribution in [0.3, 0.4) is 0 Å². The van der Waals surface area contributed by atoms with Crippen LogP contribution in [-0.2, 0) is 15.6 Å². The lowest BCUT2D eigenvalue weighted by molar-refractivity contribution is -0.133. The molecular weight excluding hydrogens is 376 g/mol. The van der Waals surface area contributed by atoms with Crippen molar-refractivity contribution in [2.24, 2.45) is 0 Å². The summed E-state index contributed by atoms with van der Waals surface area (Å²) in [6.45, 7) is 13.1. The molecule has 0 saturated heterocycles. The van der Waals surface area contributed by atoms with Gasteiger partial charge < -0.3 is 4.74 Å². The zero-order valence-electron chi connectivity index (χ0n) is 15.7. The molecule has 0 aliphatic carbocycles. The first-order chi connectivity index (χ1) is 11.5. The minimum Gasteiger partial charge on any atom is -0.425 e. The summed E-state index contributed by atoms with van der Waals surface area (Å²) in [4.78, 5) is 12.7. The molecule has 0 saturated carbocycles. The molecule has 3 heteroatoms. The lowest BCUT2D eigenvalue weighted by Gasteiger charge is -2.27. The molecule has 0 N–H and O–H groups in total. The topological polar surface area (TPSA) is 26.3 Å². The Balaban J connectivity index is 2.24. The maximum atomic E-state index is 12.7. The molecule has 2 nitrogen and oxygen atoms in total. The SMILES string of the molecule is CC(C)(C)c1cc2c(c(C(C)(C)C)c1)OC(=O)C2c1ccc(Br)cc1. The predicted octanol–water partition coefficient (Wildman–Crippen LogP) is 6.10. The molecule has 132 valence electrons. The molecule has 0 spiro atoms. The quantitative estimate of drug-likeness (QED) is 0.427. The molecule has 3 rings (SSSR count). The normalized spacial score (nSPS) is 17.4. The molecule has 1 aliphatic heterocycles. The van der Waals surface area contributed by atoms with Crippen LogP contribution in [0, 0.1) is 0 Å². The van der Waals surface area contributed by atoms with E-state index in [9.17, 15) is 4.79 Å². The van der Waals surface area contributed by atoms with Crippen LogP contribution in [0.4, 0.5) is 0 Å². The fraction of sp³-hybridized carbons (Fsp3) is 0.409. The summed E-state index contributed by atoms with van der Waals surface area (Å²) in [6, 6.07) is 12.3. The molecular formula is C22H25BrO2.